The van der Waals surface area contributed by atoms with E-state index in [2.05, 4.69) is 37.3 Å². The van der Waals surface area contributed by atoms with Crippen LogP contribution in [0.3, 0.4) is 0 Å². The minimum Gasteiger partial charge on any atom is -0.0807 e. The molecule has 0 bridgehead atoms. The summed E-state index contributed by atoms with van der Waals surface area (Å²) < 4.78 is 0. The second-order valence-electron chi connectivity index (χ2n) is 3.94. The number of rotatable bonds is 0. The molecule has 0 saturated heterocycles. The molecule has 0 nitrogen and oxygen atoms in total. The molecule has 0 heteroatoms. The summed E-state index contributed by atoms with van der Waals surface area (Å²) in [6, 6.07) is 0. The summed E-state index contributed by atoms with van der Waals surface area (Å²) in [5.41, 5.74) is 1.59. The fourth-order valence-electron chi connectivity index (χ4n) is 2.85. The van der Waals surface area contributed by atoms with Crippen molar-refractivity contribution in [2.24, 2.45) is 23.7 Å². The van der Waals surface area contributed by atoms with Crippen LogP contribution >= 0.6 is 0 Å². The molecule has 0 unspecified atom stereocenters. The van der Waals surface area contributed by atoms with Gasteiger partial charge in [-0.3, -0.25) is 0 Å². The predicted octanol–water partition coefficient (Wildman–Crippen LogP) is 2.55. The normalized spacial score (nSPS) is 50.1. The lowest BCUT2D eigenvalue weighted by Gasteiger charge is -2.15. The van der Waals surface area contributed by atoms with E-state index in [0.29, 0.717) is 0 Å². The summed E-state index contributed by atoms with van der Waals surface area (Å²) in [5.74, 6) is 3.19. The summed E-state index contributed by atoms with van der Waals surface area (Å²) in [6.07, 6.45) is 12.0. The topological polar surface area (TPSA) is 0 Å². The summed E-state index contributed by atoms with van der Waals surface area (Å²) >= 11 is 0. The zero-order chi connectivity index (χ0) is 7.42. The molecule has 3 aliphatic rings. The molecule has 0 saturated carbocycles. The molecule has 3 rings (SSSR count). The molecule has 56 valence electrons. The van der Waals surface area contributed by atoms with Gasteiger partial charge in [-0.1, -0.05) is 36.0 Å². The average Bonchev–Trinajstić information content (AvgIpc) is 2.53. The van der Waals surface area contributed by atoms with Crippen LogP contribution in [0.15, 0.2) is 36.0 Å². The van der Waals surface area contributed by atoms with Gasteiger partial charge in [-0.15, -0.1) is 0 Å². The Kier molecular flexibility index (Phi) is 0.892. The third-order valence-electron chi connectivity index (χ3n) is 3.38. The molecule has 0 aromatic heterocycles. The van der Waals surface area contributed by atoms with E-state index >= 15 is 0 Å². The Hall–Kier alpha value is -0.780. The smallest absolute Gasteiger partial charge is 0.00199 e. The molecule has 0 amide bonds. The highest BCUT2D eigenvalue weighted by Crippen LogP contribution is 2.50. The molecule has 0 N–H and O–H groups in total. The maximum atomic E-state index is 2.44. The second-order valence-corrected chi connectivity index (χ2v) is 3.94. The maximum absolute atomic E-state index is 2.44. The van der Waals surface area contributed by atoms with Gasteiger partial charge in [0.25, 0.3) is 0 Å². The van der Waals surface area contributed by atoms with Crippen LogP contribution in [0, 0.1) is 23.7 Å². The van der Waals surface area contributed by atoms with Crippen molar-refractivity contribution in [2.45, 2.75) is 6.92 Å². The van der Waals surface area contributed by atoms with Crippen LogP contribution in [0.25, 0.3) is 0 Å². The highest BCUT2D eigenvalue weighted by molar-refractivity contribution is 5.36. The Balaban J connectivity index is 2.13. The Bertz CT molecular complexity index is 280. The molecule has 0 aromatic rings. The van der Waals surface area contributed by atoms with Crippen molar-refractivity contribution < 1.29 is 0 Å². The highest BCUT2D eigenvalue weighted by Gasteiger charge is 2.42. The largest absolute Gasteiger partial charge is 0.0807 e. The first kappa shape index (κ1) is 5.82. The van der Waals surface area contributed by atoms with E-state index in [0.717, 1.165) is 23.7 Å². The molecule has 0 aliphatic heterocycles. The molecule has 0 aromatic carbocycles. The minimum atomic E-state index is 0.763. The molecule has 0 radical (unpaired) electrons. The molecular weight excluding hydrogens is 132 g/mol. The van der Waals surface area contributed by atoms with Crippen LogP contribution in [0.5, 0.6) is 0 Å². The van der Waals surface area contributed by atoms with E-state index in [4.69, 9.17) is 0 Å². The van der Waals surface area contributed by atoms with E-state index in [9.17, 15) is 0 Å². The first-order valence-corrected chi connectivity index (χ1v) is 4.41. The van der Waals surface area contributed by atoms with Crippen LogP contribution in [-0.2, 0) is 0 Å². The van der Waals surface area contributed by atoms with E-state index in [-0.39, 0.29) is 0 Å². The van der Waals surface area contributed by atoms with E-state index < -0.39 is 0 Å². The van der Waals surface area contributed by atoms with E-state index in [1.807, 2.05) is 0 Å². The van der Waals surface area contributed by atoms with E-state index in [1.165, 1.54) is 0 Å². The van der Waals surface area contributed by atoms with Gasteiger partial charge in [-0.05, 0) is 24.7 Å². The van der Waals surface area contributed by atoms with Crippen LogP contribution in [0.2, 0.25) is 0 Å². The molecular formula is C11H12. The van der Waals surface area contributed by atoms with Gasteiger partial charge in [0.2, 0.25) is 0 Å². The van der Waals surface area contributed by atoms with Gasteiger partial charge in [0.15, 0.2) is 0 Å². The van der Waals surface area contributed by atoms with Crippen molar-refractivity contribution in [2.75, 3.05) is 0 Å². The van der Waals surface area contributed by atoms with E-state index in [1.54, 1.807) is 5.57 Å². The molecule has 0 heterocycles. The van der Waals surface area contributed by atoms with Crippen molar-refractivity contribution in [1.29, 1.82) is 0 Å². The van der Waals surface area contributed by atoms with Crippen molar-refractivity contribution in [3.05, 3.63) is 36.0 Å². The van der Waals surface area contributed by atoms with Crippen LogP contribution in [0.1, 0.15) is 6.92 Å². The van der Waals surface area contributed by atoms with Gasteiger partial charge in [0.05, 0.1) is 0 Å². The molecule has 11 heavy (non-hydrogen) atoms. The molecule has 0 fully saturated rings. The summed E-state index contributed by atoms with van der Waals surface area (Å²) in [7, 11) is 0. The van der Waals surface area contributed by atoms with Gasteiger partial charge in [0, 0.05) is 5.92 Å². The quantitative estimate of drug-likeness (QED) is 0.458. The fraction of sp³-hybridized carbons (Fsp3) is 0.455. The zero-order valence-corrected chi connectivity index (χ0v) is 6.70. The number of hydrogen-bond donors (Lipinski definition) is 0. The van der Waals surface area contributed by atoms with Crippen LogP contribution in [0.4, 0.5) is 0 Å². The Morgan fingerprint density at radius 2 is 1.73 bits per heavy atom. The van der Waals surface area contributed by atoms with Gasteiger partial charge in [-0.25, -0.2) is 0 Å². The van der Waals surface area contributed by atoms with Gasteiger partial charge in [0.1, 0.15) is 0 Å². The Morgan fingerprint density at radius 3 is 2.64 bits per heavy atom. The molecule has 0 spiro atoms. The summed E-state index contributed by atoms with van der Waals surface area (Å²) in [5, 5.41) is 0. The first-order valence-electron chi connectivity index (χ1n) is 4.41. The Labute approximate surface area is 67.3 Å². The first-order chi connectivity index (χ1) is 5.36. The monoisotopic (exact) mass is 144 g/mol. The summed E-state index contributed by atoms with van der Waals surface area (Å²) in [4.78, 5) is 0. The number of hydrogen-bond acceptors (Lipinski definition) is 0. The maximum Gasteiger partial charge on any atom is 0.00199 e. The van der Waals surface area contributed by atoms with Crippen LogP contribution < -0.4 is 0 Å². The zero-order valence-electron chi connectivity index (χ0n) is 6.70. The molecule has 4 atom stereocenters. The summed E-state index contributed by atoms with van der Waals surface area (Å²) in [6.45, 7) is 2.27. The minimum absolute atomic E-state index is 0.763. The fourth-order valence-corrected chi connectivity index (χ4v) is 2.85. The third-order valence-corrected chi connectivity index (χ3v) is 3.38. The average molecular weight is 144 g/mol. The number of allylic oxidation sites excluding steroid dienone is 6. The van der Waals surface area contributed by atoms with Gasteiger partial charge < -0.3 is 0 Å². The second kappa shape index (κ2) is 1.69. The van der Waals surface area contributed by atoms with Crippen molar-refractivity contribution in [1.82, 2.24) is 0 Å². The lowest BCUT2D eigenvalue weighted by molar-refractivity contribution is 0.412. The Morgan fingerprint density at radius 1 is 1.00 bits per heavy atom. The van der Waals surface area contributed by atoms with Crippen molar-refractivity contribution in [3.63, 3.8) is 0 Å². The van der Waals surface area contributed by atoms with Crippen LogP contribution in [-0.4, -0.2) is 0 Å². The third kappa shape index (κ3) is 0.563. The van der Waals surface area contributed by atoms with Gasteiger partial charge in [-0.2, -0.15) is 0 Å². The standard InChI is InChI=1S/C11H12/c1-7-6-9-3-2-8-4-5-10(7)11(8)9/h2-6,8-11H,1H3/t8-,9+,10+,11-/m1/s1. The lowest BCUT2D eigenvalue weighted by atomic mass is 9.87. The highest BCUT2D eigenvalue weighted by atomic mass is 14.5. The van der Waals surface area contributed by atoms with Crippen molar-refractivity contribution >= 4 is 0 Å². The van der Waals surface area contributed by atoms with Gasteiger partial charge >= 0.3 is 0 Å². The SMILES string of the molecule is CC1=C[C@@H]2C=C[C@@H]3C=C[C@@H]1[C@H]32. The predicted molar refractivity (Wildman–Crippen MR) is 46.0 cm³/mol. The lowest BCUT2D eigenvalue weighted by Crippen LogP contribution is -2.11. The molecule has 3 aliphatic carbocycles. The van der Waals surface area contributed by atoms with Crippen molar-refractivity contribution in [3.8, 4) is 0 Å².